The van der Waals surface area contributed by atoms with Crippen molar-refractivity contribution in [1.29, 1.82) is 0 Å². The highest BCUT2D eigenvalue weighted by molar-refractivity contribution is 5.87. The van der Waals surface area contributed by atoms with Gasteiger partial charge < -0.3 is 14.6 Å². The zero-order valence-electron chi connectivity index (χ0n) is 15.2. The van der Waals surface area contributed by atoms with Crippen LogP contribution in [0.2, 0.25) is 0 Å². The third-order valence-electron chi connectivity index (χ3n) is 3.47. The Hall–Kier alpha value is -3.41. The third-order valence-corrected chi connectivity index (χ3v) is 3.47. The molecule has 0 aliphatic carbocycles. The van der Waals surface area contributed by atoms with E-state index in [2.05, 4.69) is 4.99 Å². The van der Waals surface area contributed by atoms with Gasteiger partial charge in [0.1, 0.15) is 11.5 Å². The number of ether oxygens (including phenoxy) is 2. The molecule has 0 aromatic heterocycles. The number of nitrogens with zero attached hydrogens (tertiary/aromatic N) is 1. The topological polar surface area (TPSA) is 85.2 Å². The fourth-order valence-electron chi connectivity index (χ4n) is 2.07. The smallest absolute Gasteiger partial charge is 0.330 e. The summed E-state index contributed by atoms with van der Waals surface area (Å²) in [5.74, 6) is -0.501. The molecule has 0 saturated carbocycles. The lowest BCUT2D eigenvalue weighted by Gasteiger charge is -2.04. The molecule has 2 aromatic rings. The lowest BCUT2D eigenvalue weighted by atomic mass is 10.2. The summed E-state index contributed by atoms with van der Waals surface area (Å²) in [6.07, 6.45) is 4.81. The van der Waals surface area contributed by atoms with E-state index in [-0.39, 0.29) is 29.9 Å². The van der Waals surface area contributed by atoms with E-state index in [1.54, 1.807) is 44.2 Å². The molecule has 0 fully saturated rings. The van der Waals surface area contributed by atoms with Gasteiger partial charge in [0.05, 0.1) is 12.3 Å². The second kappa shape index (κ2) is 9.91. The van der Waals surface area contributed by atoms with Crippen LogP contribution < -0.4 is 4.74 Å². The first-order valence-electron chi connectivity index (χ1n) is 8.54. The average Bonchev–Trinajstić information content (AvgIpc) is 2.66. The second-order valence-electron chi connectivity index (χ2n) is 5.48. The van der Waals surface area contributed by atoms with Crippen LogP contribution in [0.3, 0.4) is 0 Å². The molecule has 140 valence electrons. The van der Waals surface area contributed by atoms with Gasteiger partial charge in [-0.3, -0.25) is 9.79 Å². The van der Waals surface area contributed by atoms with Crippen molar-refractivity contribution in [1.82, 2.24) is 0 Å². The molecule has 1 N–H and O–H groups in total. The molecule has 0 aliphatic rings. The van der Waals surface area contributed by atoms with E-state index in [0.29, 0.717) is 17.9 Å². The summed E-state index contributed by atoms with van der Waals surface area (Å²) in [5.41, 5.74) is 2.02. The molecule has 6 nitrogen and oxygen atoms in total. The minimum absolute atomic E-state index is 0.0332. The second-order valence-corrected chi connectivity index (χ2v) is 5.48. The Balaban J connectivity index is 2.03. The molecule has 0 amide bonds. The Morgan fingerprint density at radius 2 is 1.85 bits per heavy atom. The maximum atomic E-state index is 11.3. The highest BCUT2D eigenvalue weighted by Crippen LogP contribution is 2.23. The maximum Gasteiger partial charge on any atom is 0.330 e. The summed E-state index contributed by atoms with van der Waals surface area (Å²) in [5, 5.41) is 10.0. The number of phenols is 1. The number of benzene rings is 2. The Morgan fingerprint density at radius 1 is 1.11 bits per heavy atom. The van der Waals surface area contributed by atoms with Crippen LogP contribution in [0.4, 0.5) is 5.69 Å². The van der Waals surface area contributed by atoms with Crippen molar-refractivity contribution in [3.8, 4) is 11.5 Å². The molecule has 6 heteroatoms. The van der Waals surface area contributed by atoms with E-state index in [0.717, 1.165) is 5.56 Å². The summed E-state index contributed by atoms with van der Waals surface area (Å²) in [4.78, 5) is 26.9. The summed E-state index contributed by atoms with van der Waals surface area (Å²) < 4.78 is 9.87. The van der Waals surface area contributed by atoms with Crippen molar-refractivity contribution in [2.24, 2.45) is 4.99 Å². The lowest BCUT2D eigenvalue weighted by Crippen LogP contribution is -2.05. The van der Waals surface area contributed by atoms with Gasteiger partial charge in [-0.15, -0.1) is 0 Å². The van der Waals surface area contributed by atoms with Crippen LogP contribution in [0, 0.1) is 0 Å². The van der Waals surface area contributed by atoms with Gasteiger partial charge in [0.15, 0.2) is 0 Å². The molecule has 0 atom stereocenters. The van der Waals surface area contributed by atoms with E-state index in [1.165, 1.54) is 18.4 Å². The molecule has 0 bridgehead atoms. The van der Waals surface area contributed by atoms with E-state index in [4.69, 9.17) is 9.47 Å². The molecule has 2 rings (SSSR count). The number of carbonyl (C=O) groups is 2. The van der Waals surface area contributed by atoms with Gasteiger partial charge in [-0.1, -0.05) is 19.1 Å². The monoisotopic (exact) mass is 367 g/mol. The number of esters is 2. The van der Waals surface area contributed by atoms with Gasteiger partial charge in [-0.25, -0.2) is 4.79 Å². The summed E-state index contributed by atoms with van der Waals surface area (Å²) in [7, 11) is 0. The number of aromatic hydroxyl groups is 1. The minimum Gasteiger partial charge on any atom is -0.507 e. The highest BCUT2D eigenvalue weighted by Gasteiger charge is 2.05. The standard InChI is InChI=1S/C21H21NO5/c1-3-20(24)27-18-11-8-16(19(23)13-18)14-22-17-9-5-15(6-10-17)7-12-21(25)26-4-2/h5-14,23H,3-4H2,1-2H3. The number of hydrogen-bond donors (Lipinski definition) is 1. The summed E-state index contributed by atoms with van der Waals surface area (Å²) in [6.45, 7) is 3.79. The molecule has 0 heterocycles. The lowest BCUT2D eigenvalue weighted by molar-refractivity contribution is -0.137. The van der Waals surface area contributed by atoms with Crippen LogP contribution in [0.25, 0.3) is 6.08 Å². The number of aliphatic imine (C=N–C) groups is 1. The van der Waals surface area contributed by atoms with Crippen molar-refractivity contribution in [2.45, 2.75) is 20.3 Å². The number of carbonyl (C=O) groups excluding carboxylic acids is 2. The van der Waals surface area contributed by atoms with Crippen molar-refractivity contribution >= 4 is 29.9 Å². The minimum atomic E-state index is -0.386. The maximum absolute atomic E-state index is 11.3. The van der Waals surface area contributed by atoms with Crippen molar-refractivity contribution in [3.63, 3.8) is 0 Å². The van der Waals surface area contributed by atoms with Crippen molar-refractivity contribution < 1.29 is 24.2 Å². The van der Waals surface area contributed by atoms with Crippen LogP contribution in [-0.4, -0.2) is 29.9 Å². The molecule has 0 spiro atoms. The van der Waals surface area contributed by atoms with Gasteiger partial charge in [0, 0.05) is 30.3 Å². The van der Waals surface area contributed by atoms with E-state index in [9.17, 15) is 14.7 Å². The van der Waals surface area contributed by atoms with Crippen molar-refractivity contribution in [2.75, 3.05) is 6.61 Å². The fraction of sp³-hybridized carbons (Fsp3) is 0.190. The van der Waals surface area contributed by atoms with Crippen LogP contribution in [-0.2, 0) is 14.3 Å². The quantitative estimate of drug-likeness (QED) is 0.346. The predicted molar refractivity (Wildman–Crippen MR) is 103 cm³/mol. The number of rotatable bonds is 7. The van der Waals surface area contributed by atoms with Gasteiger partial charge in [0.2, 0.25) is 0 Å². The number of hydrogen-bond acceptors (Lipinski definition) is 6. The molecular weight excluding hydrogens is 346 g/mol. The Labute approximate surface area is 157 Å². The van der Waals surface area contributed by atoms with E-state index < -0.39 is 0 Å². The Kier molecular flexibility index (Phi) is 7.31. The average molecular weight is 367 g/mol. The van der Waals surface area contributed by atoms with E-state index >= 15 is 0 Å². The van der Waals surface area contributed by atoms with Crippen molar-refractivity contribution in [3.05, 3.63) is 59.7 Å². The Morgan fingerprint density at radius 3 is 2.48 bits per heavy atom. The first-order valence-corrected chi connectivity index (χ1v) is 8.54. The first-order chi connectivity index (χ1) is 13.0. The van der Waals surface area contributed by atoms with Gasteiger partial charge in [-0.2, -0.15) is 0 Å². The first kappa shape index (κ1) is 19.9. The molecular formula is C21H21NO5. The van der Waals surface area contributed by atoms with Crippen LogP contribution in [0.1, 0.15) is 31.4 Å². The number of phenolic OH excluding ortho intramolecular Hbond substituents is 1. The van der Waals surface area contributed by atoms with Gasteiger partial charge >= 0.3 is 11.9 Å². The van der Waals surface area contributed by atoms with Crippen LogP contribution in [0.15, 0.2) is 53.5 Å². The van der Waals surface area contributed by atoms with E-state index in [1.807, 2.05) is 12.1 Å². The molecule has 2 aromatic carbocycles. The van der Waals surface area contributed by atoms with Crippen LogP contribution >= 0.6 is 0 Å². The third kappa shape index (κ3) is 6.43. The molecule has 0 unspecified atom stereocenters. The fourth-order valence-corrected chi connectivity index (χ4v) is 2.07. The molecule has 0 radical (unpaired) electrons. The van der Waals surface area contributed by atoms with Crippen LogP contribution in [0.5, 0.6) is 11.5 Å². The Bertz CT molecular complexity index is 853. The zero-order valence-corrected chi connectivity index (χ0v) is 15.2. The summed E-state index contributed by atoms with van der Waals surface area (Å²) >= 11 is 0. The SMILES string of the molecule is CCOC(=O)C=Cc1ccc(N=Cc2ccc(OC(=O)CC)cc2O)cc1. The largest absolute Gasteiger partial charge is 0.507 e. The molecule has 0 saturated heterocycles. The summed E-state index contributed by atoms with van der Waals surface area (Å²) in [6, 6.07) is 11.8. The normalized spacial score (nSPS) is 11.0. The van der Waals surface area contributed by atoms with Gasteiger partial charge in [-0.05, 0) is 42.8 Å². The predicted octanol–water partition coefficient (Wildman–Crippen LogP) is 4.03. The highest BCUT2D eigenvalue weighted by atomic mass is 16.5. The molecule has 27 heavy (non-hydrogen) atoms. The zero-order chi connectivity index (χ0) is 19.6. The van der Waals surface area contributed by atoms with Gasteiger partial charge in [0.25, 0.3) is 0 Å². The molecule has 0 aliphatic heterocycles.